The third-order valence-electron chi connectivity index (χ3n) is 2.79. The molecule has 0 bridgehead atoms. The Morgan fingerprint density at radius 1 is 1.50 bits per heavy atom. The second-order valence-corrected chi connectivity index (χ2v) is 7.36. The van der Waals surface area contributed by atoms with Crippen LogP contribution in [0.25, 0.3) is 0 Å². The number of nitrogens with zero attached hydrogens (tertiary/aromatic N) is 2. The molecule has 0 amide bonds. The fourth-order valence-corrected chi connectivity index (χ4v) is 3.84. The molecule has 2 heterocycles. The van der Waals surface area contributed by atoms with Crippen LogP contribution >= 0.6 is 11.3 Å². The summed E-state index contributed by atoms with van der Waals surface area (Å²) in [6.07, 6.45) is 4.17. The lowest BCUT2D eigenvalue weighted by atomic mass is 10.4. The van der Waals surface area contributed by atoms with Gasteiger partial charge in [0.1, 0.15) is 4.90 Å². The van der Waals surface area contributed by atoms with Crippen molar-refractivity contribution in [1.82, 2.24) is 9.55 Å². The van der Waals surface area contributed by atoms with Gasteiger partial charge < -0.3 is 10.3 Å². The first-order valence-corrected chi connectivity index (χ1v) is 8.60. The van der Waals surface area contributed by atoms with Crippen LogP contribution in [0.15, 0.2) is 23.4 Å². The highest BCUT2D eigenvalue weighted by atomic mass is 32.2. The zero-order valence-corrected chi connectivity index (χ0v) is 13.1. The molecule has 0 fully saturated rings. The largest absolute Gasteiger partial charge is 0.349 e. The lowest BCUT2D eigenvalue weighted by Gasteiger charge is -2.04. The Morgan fingerprint density at radius 2 is 2.25 bits per heavy atom. The van der Waals surface area contributed by atoms with Crippen LogP contribution in [0, 0.1) is 6.92 Å². The van der Waals surface area contributed by atoms with Gasteiger partial charge in [-0.25, -0.2) is 13.4 Å². The van der Waals surface area contributed by atoms with Crippen molar-refractivity contribution in [3.63, 3.8) is 0 Å². The van der Waals surface area contributed by atoms with Gasteiger partial charge in [-0.05, 0) is 19.4 Å². The Balaban J connectivity index is 2.29. The minimum absolute atomic E-state index is 0.222. The third-order valence-corrected chi connectivity index (χ3v) is 5.05. The molecule has 2 aromatic rings. The standard InChI is InChI=1S/C12H18N4O2S2/c1-3-4-16-8-11(5-10(16)6-13)20(17,18)15-12-14-7-9(2)19-12/h5,7-8H,3-4,6,13H2,1-2H3,(H,14,15). The molecule has 6 nitrogen and oxygen atoms in total. The van der Waals surface area contributed by atoms with E-state index in [0.717, 1.165) is 23.5 Å². The number of anilines is 1. The summed E-state index contributed by atoms with van der Waals surface area (Å²) in [6, 6.07) is 1.61. The molecule has 2 rings (SSSR count). The van der Waals surface area contributed by atoms with Gasteiger partial charge in [0.2, 0.25) is 0 Å². The normalized spacial score (nSPS) is 11.8. The van der Waals surface area contributed by atoms with Gasteiger partial charge in [-0.2, -0.15) is 0 Å². The Morgan fingerprint density at radius 3 is 2.80 bits per heavy atom. The molecule has 0 saturated carbocycles. The van der Waals surface area contributed by atoms with Gasteiger partial charge in [0.15, 0.2) is 5.13 Å². The van der Waals surface area contributed by atoms with Crippen molar-refractivity contribution in [2.75, 3.05) is 4.72 Å². The second kappa shape index (κ2) is 5.94. The molecule has 2 aromatic heterocycles. The van der Waals surface area contributed by atoms with Gasteiger partial charge in [0.25, 0.3) is 10.0 Å². The van der Waals surface area contributed by atoms with Gasteiger partial charge in [-0.3, -0.25) is 4.72 Å². The molecule has 0 aromatic carbocycles. The van der Waals surface area contributed by atoms with Gasteiger partial charge in [0.05, 0.1) is 0 Å². The fourth-order valence-electron chi connectivity index (χ4n) is 1.87. The quantitative estimate of drug-likeness (QED) is 0.852. The average molecular weight is 314 g/mol. The summed E-state index contributed by atoms with van der Waals surface area (Å²) < 4.78 is 29.0. The van der Waals surface area contributed by atoms with E-state index in [1.54, 1.807) is 18.5 Å². The van der Waals surface area contributed by atoms with Crippen LogP contribution in [0.2, 0.25) is 0 Å². The third kappa shape index (κ3) is 3.20. The minimum Gasteiger partial charge on any atom is -0.349 e. The van der Waals surface area contributed by atoms with E-state index >= 15 is 0 Å². The van der Waals surface area contributed by atoms with E-state index < -0.39 is 10.0 Å². The predicted molar refractivity (Wildman–Crippen MR) is 80.3 cm³/mol. The number of nitrogens with one attached hydrogen (secondary N) is 1. The second-order valence-electron chi connectivity index (χ2n) is 4.45. The van der Waals surface area contributed by atoms with E-state index in [2.05, 4.69) is 9.71 Å². The van der Waals surface area contributed by atoms with E-state index in [1.165, 1.54) is 11.3 Å². The maximum atomic E-state index is 12.3. The molecule has 0 atom stereocenters. The fraction of sp³-hybridized carbons (Fsp3) is 0.417. The van der Waals surface area contributed by atoms with E-state index in [9.17, 15) is 8.42 Å². The molecule has 8 heteroatoms. The summed E-state index contributed by atoms with van der Waals surface area (Å²) >= 11 is 1.30. The molecule has 20 heavy (non-hydrogen) atoms. The lowest BCUT2D eigenvalue weighted by Crippen LogP contribution is -2.12. The van der Waals surface area contributed by atoms with Crippen LogP contribution in [0.5, 0.6) is 0 Å². The summed E-state index contributed by atoms with van der Waals surface area (Å²) in [7, 11) is -3.61. The van der Waals surface area contributed by atoms with Crippen LogP contribution < -0.4 is 10.5 Å². The molecule has 0 spiro atoms. The summed E-state index contributed by atoms with van der Waals surface area (Å²) in [4.78, 5) is 5.18. The first kappa shape index (κ1) is 15.0. The Bertz CT molecular complexity index is 688. The highest BCUT2D eigenvalue weighted by Crippen LogP contribution is 2.22. The maximum Gasteiger partial charge on any atom is 0.265 e. The van der Waals surface area contributed by atoms with E-state index in [-0.39, 0.29) is 4.90 Å². The van der Waals surface area contributed by atoms with Crippen LogP contribution in [-0.2, 0) is 23.1 Å². The van der Waals surface area contributed by atoms with Gasteiger partial charge in [-0.1, -0.05) is 6.92 Å². The number of hydrogen-bond acceptors (Lipinski definition) is 5. The zero-order chi connectivity index (χ0) is 14.8. The van der Waals surface area contributed by atoms with Gasteiger partial charge in [0, 0.05) is 36.1 Å². The maximum absolute atomic E-state index is 12.3. The Kier molecular flexibility index (Phi) is 4.46. The Hall–Kier alpha value is -1.38. The molecule has 0 radical (unpaired) electrons. The number of nitrogens with two attached hydrogens (primary N) is 1. The molecular formula is C12H18N4O2S2. The van der Waals surface area contributed by atoms with Crippen LogP contribution in [-0.4, -0.2) is 18.0 Å². The minimum atomic E-state index is -3.61. The Labute approximate surface area is 122 Å². The molecule has 0 aliphatic carbocycles. The van der Waals surface area contributed by atoms with Gasteiger partial charge in [-0.15, -0.1) is 11.3 Å². The van der Waals surface area contributed by atoms with E-state index in [0.29, 0.717) is 11.7 Å². The van der Waals surface area contributed by atoms with Crippen molar-refractivity contribution in [2.24, 2.45) is 5.73 Å². The first-order chi connectivity index (χ1) is 9.46. The van der Waals surface area contributed by atoms with Gasteiger partial charge >= 0.3 is 0 Å². The molecule has 0 aliphatic heterocycles. The number of rotatable bonds is 6. The molecule has 110 valence electrons. The lowest BCUT2D eigenvalue weighted by molar-refractivity contribution is 0.600. The topological polar surface area (TPSA) is 90.0 Å². The van der Waals surface area contributed by atoms with Crippen molar-refractivity contribution in [2.45, 2.75) is 38.3 Å². The highest BCUT2D eigenvalue weighted by molar-refractivity contribution is 7.93. The molecule has 0 saturated heterocycles. The zero-order valence-electron chi connectivity index (χ0n) is 11.5. The van der Waals surface area contributed by atoms with E-state index in [4.69, 9.17) is 5.73 Å². The smallest absolute Gasteiger partial charge is 0.265 e. The molecule has 3 N–H and O–H groups in total. The SMILES string of the molecule is CCCn1cc(S(=O)(=O)Nc2ncc(C)s2)cc1CN. The van der Waals surface area contributed by atoms with Crippen molar-refractivity contribution >= 4 is 26.5 Å². The van der Waals surface area contributed by atoms with Crippen LogP contribution in [0.4, 0.5) is 5.13 Å². The summed E-state index contributed by atoms with van der Waals surface area (Å²) in [5.41, 5.74) is 6.45. The number of sulfonamides is 1. The summed E-state index contributed by atoms with van der Waals surface area (Å²) in [6.45, 7) is 4.97. The number of aromatic nitrogens is 2. The first-order valence-electron chi connectivity index (χ1n) is 6.30. The van der Waals surface area contributed by atoms with Crippen LogP contribution in [0.3, 0.4) is 0 Å². The van der Waals surface area contributed by atoms with Crippen molar-refractivity contribution in [3.8, 4) is 0 Å². The average Bonchev–Trinajstić information content (AvgIpc) is 2.96. The molecule has 0 aliphatic rings. The summed E-state index contributed by atoms with van der Waals surface area (Å²) in [5, 5.41) is 0.375. The monoisotopic (exact) mass is 314 g/mol. The van der Waals surface area contributed by atoms with Crippen molar-refractivity contribution in [3.05, 3.63) is 29.0 Å². The molecule has 0 unspecified atom stereocenters. The predicted octanol–water partition coefficient (Wildman–Crippen LogP) is 1.92. The van der Waals surface area contributed by atoms with Crippen LogP contribution in [0.1, 0.15) is 23.9 Å². The summed E-state index contributed by atoms with van der Waals surface area (Å²) in [5.74, 6) is 0. The molecular weight excluding hydrogens is 296 g/mol. The number of aryl methyl sites for hydroxylation is 2. The highest BCUT2D eigenvalue weighted by Gasteiger charge is 2.19. The van der Waals surface area contributed by atoms with Crippen molar-refractivity contribution < 1.29 is 8.42 Å². The number of thiazole rings is 1. The van der Waals surface area contributed by atoms with Crippen molar-refractivity contribution in [1.29, 1.82) is 0 Å². The number of hydrogen-bond donors (Lipinski definition) is 2. The van der Waals surface area contributed by atoms with E-state index in [1.807, 2.05) is 18.4 Å².